The number of aliphatic hydroxyl groups excluding tert-OH is 1. The van der Waals surface area contributed by atoms with Gasteiger partial charge >= 0.3 is 0 Å². The number of rotatable bonds is 4. The summed E-state index contributed by atoms with van der Waals surface area (Å²) in [7, 11) is 1.59. The molecule has 2 fully saturated rings. The quantitative estimate of drug-likeness (QED) is 0.810. The molecule has 0 bridgehead atoms. The molecule has 0 saturated carbocycles. The fraction of sp³-hybridized carbons (Fsp3) is 0.545. The first kappa shape index (κ1) is 20.4. The molecule has 2 saturated heterocycles. The van der Waals surface area contributed by atoms with Crippen molar-refractivity contribution in [2.45, 2.75) is 45.8 Å². The monoisotopic (exact) mass is 417 g/mol. The van der Waals surface area contributed by atoms with Crippen molar-refractivity contribution in [3.05, 3.63) is 34.6 Å². The van der Waals surface area contributed by atoms with Gasteiger partial charge in [-0.2, -0.15) is 0 Å². The molecule has 1 aromatic carbocycles. The number of nitrogens with zero attached hydrogens (tertiary/aromatic N) is 3. The number of ether oxygens (including phenoxy) is 2. The van der Waals surface area contributed by atoms with Gasteiger partial charge in [-0.1, -0.05) is 23.7 Å². The van der Waals surface area contributed by atoms with E-state index in [1.54, 1.807) is 7.11 Å². The molecule has 2 aliphatic heterocycles. The molecular weight excluding hydrogens is 390 g/mol. The van der Waals surface area contributed by atoms with Crippen LogP contribution in [0.25, 0.3) is 11.3 Å². The van der Waals surface area contributed by atoms with Gasteiger partial charge in [0.25, 0.3) is 0 Å². The zero-order chi connectivity index (χ0) is 20.6. The van der Waals surface area contributed by atoms with E-state index < -0.39 is 0 Å². The predicted molar refractivity (Wildman–Crippen MR) is 114 cm³/mol. The van der Waals surface area contributed by atoms with Crippen LogP contribution in [-0.4, -0.2) is 48.0 Å². The van der Waals surface area contributed by atoms with Crippen molar-refractivity contribution >= 4 is 17.4 Å². The van der Waals surface area contributed by atoms with Crippen LogP contribution in [0.4, 0.5) is 5.82 Å². The molecule has 0 radical (unpaired) electrons. The highest BCUT2D eigenvalue weighted by Crippen LogP contribution is 2.43. The Balaban J connectivity index is 1.63. The van der Waals surface area contributed by atoms with E-state index >= 15 is 0 Å². The maximum Gasteiger partial charge on any atom is 0.153 e. The molecule has 1 N–H and O–H groups in total. The fourth-order valence-electron chi connectivity index (χ4n) is 4.60. The van der Waals surface area contributed by atoms with Crippen molar-refractivity contribution in [1.29, 1.82) is 0 Å². The Morgan fingerprint density at radius 2 is 2.07 bits per heavy atom. The number of aromatic nitrogens is 2. The summed E-state index contributed by atoms with van der Waals surface area (Å²) in [4.78, 5) is 11.8. The van der Waals surface area contributed by atoms with E-state index in [4.69, 9.17) is 31.0 Å². The van der Waals surface area contributed by atoms with Crippen LogP contribution in [0.5, 0.6) is 5.75 Å². The Labute approximate surface area is 176 Å². The lowest BCUT2D eigenvalue weighted by Gasteiger charge is -2.39. The SMILES string of the molecule is COc1cccc(-c2nc(CO)c(N3CCC4(CC3)CO[C@@H](C)C4)nc2C)c1Cl. The molecule has 29 heavy (non-hydrogen) atoms. The number of methoxy groups -OCH3 is 1. The summed E-state index contributed by atoms with van der Waals surface area (Å²) in [6, 6.07) is 5.59. The summed E-state index contributed by atoms with van der Waals surface area (Å²) < 4.78 is 11.2. The number of hydrogen-bond donors (Lipinski definition) is 1. The Morgan fingerprint density at radius 1 is 1.31 bits per heavy atom. The van der Waals surface area contributed by atoms with Gasteiger partial charge in [0.1, 0.15) is 11.4 Å². The van der Waals surface area contributed by atoms with Crippen LogP contribution in [0.2, 0.25) is 5.02 Å². The van der Waals surface area contributed by atoms with Crippen LogP contribution in [0.15, 0.2) is 18.2 Å². The Kier molecular flexibility index (Phi) is 5.69. The minimum Gasteiger partial charge on any atom is -0.495 e. The van der Waals surface area contributed by atoms with Gasteiger partial charge in [-0.05, 0) is 44.6 Å². The molecule has 0 amide bonds. The first-order valence-electron chi connectivity index (χ1n) is 10.1. The van der Waals surface area contributed by atoms with Gasteiger partial charge in [-0.25, -0.2) is 9.97 Å². The van der Waals surface area contributed by atoms with Crippen molar-refractivity contribution < 1.29 is 14.6 Å². The Bertz CT molecular complexity index is 897. The molecule has 0 unspecified atom stereocenters. The van der Waals surface area contributed by atoms with Crippen LogP contribution >= 0.6 is 11.6 Å². The van der Waals surface area contributed by atoms with Gasteiger partial charge in [0.2, 0.25) is 0 Å². The topological polar surface area (TPSA) is 67.7 Å². The largest absolute Gasteiger partial charge is 0.495 e. The number of halogens is 1. The lowest BCUT2D eigenvalue weighted by molar-refractivity contribution is 0.0975. The van der Waals surface area contributed by atoms with Crippen molar-refractivity contribution in [3.63, 3.8) is 0 Å². The first-order valence-corrected chi connectivity index (χ1v) is 10.5. The van der Waals surface area contributed by atoms with E-state index in [2.05, 4.69) is 11.8 Å². The molecule has 1 atom stereocenters. The van der Waals surface area contributed by atoms with E-state index in [9.17, 15) is 5.11 Å². The average molecular weight is 418 g/mol. The fourth-order valence-corrected chi connectivity index (χ4v) is 4.89. The number of hydrogen-bond acceptors (Lipinski definition) is 6. The van der Waals surface area contributed by atoms with Crippen LogP contribution in [0.3, 0.4) is 0 Å². The Morgan fingerprint density at radius 3 is 2.69 bits per heavy atom. The molecule has 3 heterocycles. The third-order valence-electron chi connectivity index (χ3n) is 6.23. The van der Waals surface area contributed by atoms with E-state index in [1.165, 1.54) is 0 Å². The number of benzene rings is 1. The van der Waals surface area contributed by atoms with E-state index in [-0.39, 0.29) is 6.61 Å². The number of aliphatic hydroxyl groups is 1. The highest BCUT2D eigenvalue weighted by Gasteiger charge is 2.41. The normalized spacial score (nSPS) is 21.0. The maximum atomic E-state index is 10.0. The minimum atomic E-state index is -0.168. The summed E-state index contributed by atoms with van der Waals surface area (Å²) in [6.45, 7) is 6.57. The van der Waals surface area contributed by atoms with Gasteiger partial charge in [-0.15, -0.1) is 0 Å². The molecule has 2 aliphatic rings. The summed E-state index contributed by atoms with van der Waals surface area (Å²) in [5.74, 6) is 1.36. The molecule has 0 aliphatic carbocycles. The third-order valence-corrected chi connectivity index (χ3v) is 6.62. The van der Waals surface area contributed by atoms with Gasteiger partial charge in [0.05, 0.1) is 42.8 Å². The minimum absolute atomic E-state index is 0.168. The highest BCUT2D eigenvalue weighted by atomic mass is 35.5. The molecule has 7 heteroatoms. The summed E-state index contributed by atoms with van der Waals surface area (Å²) in [5, 5.41) is 10.5. The average Bonchev–Trinajstić information content (AvgIpc) is 3.09. The van der Waals surface area contributed by atoms with Gasteiger partial charge in [0.15, 0.2) is 5.82 Å². The van der Waals surface area contributed by atoms with E-state index in [0.717, 1.165) is 56.0 Å². The first-order chi connectivity index (χ1) is 14.0. The second kappa shape index (κ2) is 8.09. The van der Waals surface area contributed by atoms with E-state index in [1.807, 2.05) is 25.1 Å². The van der Waals surface area contributed by atoms with Crippen molar-refractivity contribution in [2.24, 2.45) is 5.41 Å². The molecular formula is C22H28ClN3O3. The lowest BCUT2D eigenvalue weighted by Crippen LogP contribution is -2.41. The molecule has 1 aromatic heterocycles. The van der Waals surface area contributed by atoms with Gasteiger partial charge in [-0.3, -0.25) is 0 Å². The van der Waals surface area contributed by atoms with Gasteiger partial charge < -0.3 is 19.5 Å². The third kappa shape index (κ3) is 3.81. The van der Waals surface area contributed by atoms with Crippen LogP contribution in [-0.2, 0) is 11.3 Å². The molecule has 4 rings (SSSR count). The second-order valence-electron chi connectivity index (χ2n) is 8.22. The molecule has 1 spiro atoms. The summed E-state index contributed by atoms with van der Waals surface area (Å²) in [5.41, 5.74) is 3.09. The second-order valence-corrected chi connectivity index (χ2v) is 8.60. The van der Waals surface area contributed by atoms with Crippen molar-refractivity contribution in [3.8, 4) is 17.0 Å². The van der Waals surface area contributed by atoms with Gasteiger partial charge in [0, 0.05) is 18.7 Å². The zero-order valence-electron chi connectivity index (χ0n) is 17.2. The summed E-state index contributed by atoms with van der Waals surface area (Å²) in [6.07, 6.45) is 3.63. The molecule has 156 valence electrons. The van der Waals surface area contributed by atoms with E-state index in [0.29, 0.717) is 33.7 Å². The number of anilines is 1. The summed E-state index contributed by atoms with van der Waals surface area (Å²) >= 11 is 6.50. The van der Waals surface area contributed by atoms with Crippen LogP contribution in [0.1, 0.15) is 37.6 Å². The Hall–Kier alpha value is -1.89. The maximum absolute atomic E-state index is 10.0. The van der Waals surface area contributed by atoms with Crippen LogP contribution in [0, 0.1) is 12.3 Å². The highest BCUT2D eigenvalue weighted by molar-refractivity contribution is 6.34. The molecule has 6 nitrogen and oxygen atoms in total. The zero-order valence-corrected chi connectivity index (χ0v) is 18.0. The number of piperidine rings is 1. The number of aryl methyl sites for hydroxylation is 1. The van der Waals surface area contributed by atoms with Crippen molar-refractivity contribution in [1.82, 2.24) is 9.97 Å². The smallest absolute Gasteiger partial charge is 0.153 e. The molecule has 2 aromatic rings. The van der Waals surface area contributed by atoms with Crippen LogP contribution < -0.4 is 9.64 Å². The standard InChI is InChI=1S/C22H28ClN3O3/c1-14-11-22(13-29-14)7-9-26(10-8-22)21-17(12-27)25-20(15(2)24-21)16-5-4-6-18(28-3)19(16)23/h4-6,14,27H,7-13H2,1-3H3/t14-/m0/s1. The predicted octanol–water partition coefficient (Wildman–Crippen LogP) is 4.00. The lowest BCUT2D eigenvalue weighted by atomic mass is 9.77. The van der Waals surface area contributed by atoms with Crippen molar-refractivity contribution in [2.75, 3.05) is 31.7 Å².